The van der Waals surface area contributed by atoms with Crippen LogP contribution in [-0.4, -0.2) is 7.11 Å². The van der Waals surface area contributed by atoms with Gasteiger partial charge in [-0.25, -0.2) is 0 Å². The summed E-state index contributed by atoms with van der Waals surface area (Å²) in [4.78, 5) is 0. The Morgan fingerprint density at radius 1 is 1.64 bits per heavy atom. The number of halogens is 1. The zero-order valence-corrected chi connectivity index (χ0v) is 6.98. The Morgan fingerprint density at radius 2 is 2.36 bits per heavy atom. The SMILES string of the molecule is COc1[c]c(Cl)c(CN)cc1. The predicted octanol–water partition coefficient (Wildman–Crippen LogP) is 1.61. The van der Waals surface area contributed by atoms with Crippen molar-refractivity contribution in [1.82, 2.24) is 0 Å². The molecule has 0 aliphatic rings. The van der Waals surface area contributed by atoms with Crippen LogP contribution in [0.5, 0.6) is 5.75 Å². The van der Waals surface area contributed by atoms with Crippen molar-refractivity contribution in [3.63, 3.8) is 0 Å². The molecule has 0 unspecified atom stereocenters. The van der Waals surface area contributed by atoms with Crippen molar-refractivity contribution in [2.75, 3.05) is 7.11 Å². The van der Waals surface area contributed by atoms with Crippen molar-refractivity contribution in [3.8, 4) is 5.75 Å². The summed E-state index contributed by atoms with van der Waals surface area (Å²) >= 11 is 5.79. The van der Waals surface area contributed by atoms with Gasteiger partial charge in [-0.1, -0.05) is 17.7 Å². The summed E-state index contributed by atoms with van der Waals surface area (Å²) in [6.07, 6.45) is 0. The fourth-order valence-electron chi connectivity index (χ4n) is 0.756. The van der Waals surface area contributed by atoms with Gasteiger partial charge in [0.05, 0.1) is 12.1 Å². The van der Waals surface area contributed by atoms with Crippen molar-refractivity contribution in [1.29, 1.82) is 0 Å². The van der Waals surface area contributed by atoms with Crippen LogP contribution in [0.15, 0.2) is 12.1 Å². The molecule has 0 aliphatic heterocycles. The molecule has 0 fully saturated rings. The van der Waals surface area contributed by atoms with Gasteiger partial charge >= 0.3 is 0 Å². The van der Waals surface area contributed by atoms with Crippen LogP contribution in [0.2, 0.25) is 5.02 Å². The van der Waals surface area contributed by atoms with Gasteiger partial charge in [-0.2, -0.15) is 0 Å². The summed E-state index contributed by atoms with van der Waals surface area (Å²) in [5, 5.41) is 0.534. The summed E-state index contributed by atoms with van der Waals surface area (Å²) in [5.74, 6) is 0.632. The van der Waals surface area contributed by atoms with Gasteiger partial charge in [0, 0.05) is 12.6 Å². The number of benzene rings is 1. The van der Waals surface area contributed by atoms with E-state index in [9.17, 15) is 0 Å². The first kappa shape index (κ1) is 8.37. The van der Waals surface area contributed by atoms with E-state index in [1.54, 1.807) is 13.2 Å². The molecular weight excluding hydrogens is 162 g/mol. The van der Waals surface area contributed by atoms with E-state index in [1.807, 2.05) is 6.07 Å². The highest BCUT2D eigenvalue weighted by Crippen LogP contribution is 2.20. The molecule has 0 aromatic heterocycles. The van der Waals surface area contributed by atoms with E-state index < -0.39 is 0 Å². The maximum Gasteiger partial charge on any atom is 0.128 e. The predicted molar refractivity (Wildman–Crippen MR) is 44.7 cm³/mol. The number of hydrogen-bond donors (Lipinski definition) is 1. The van der Waals surface area contributed by atoms with Crippen LogP contribution in [0.1, 0.15) is 5.56 Å². The molecular formula is C8H9ClNO. The van der Waals surface area contributed by atoms with E-state index in [0.29, 0.717) is 17.3 Å². The second kappa shape index (κ2) is 3.60. The fourth-order valence-corrected chi connectivity index (χ4v) is 0.990. The van der Waals surface area contributed by atoms with Crippen LogP contribution in [0.4, 0.5) is 0 Å². The molecule has 1 radical (unpaired) electrons. The minimum atomic E-state index is 0.430. The van der Waals surface area contributed by atoms with E-state index in [2.05, 4.69) is 6.07 Å². The van der Waals surface area contributed by atoms with Gasteiger partial charge < -0.3 is 10.5 Å². The third-order valence-electron chi connectivity index (χ3n) is 1.39. The zero-order valence-electron chi connectivity index (χ0n) is 6.23. The van der Waals surface area contributed by atoms with Gasteiger partial charge in [0.25, 0.3) is 0 Å². The molecule has 1 aromatic carbocycles. The van der Waals surface area contributed by atoms with Crippen molar-refractivity contribution in [2.24, 2.45) is 5.73 Å². The number of hydrogen-bond acceptors (Lipinski definition) is 2. The van der Waals surface area contributed by atoms with Gasteiger partial charge in [0.15, 0.2) is 0 Å². The van der Waals surface area contributed by atoms with Crippen LogP contribution < -0.4 is 10.5 Å². The Bertz CT molecular complexity index is 250. The first-order valence-corrected chi connectivity index (χ1v) is 3.60. The van der Waals surface area contributed by atoms with Gasteiger partial charge in [0.2, 0.25) is 0 Å². The summed E-state index contributed by atoms with van der Waals surface area (Å²) < 4.78 is 4.91. The maximum atomic E-state index is 5.79. The quantitative estimate of drug-likeness (QED) is 0.732. The average molecular weight is 171 g/mol. The van der Waals surface area contributed by atoms with Gasteiger partial charge in [0.1, 0.15) is 5.75 Å². The largest absolute Gasteiger partial charge is 0.496 e. The molecule has 1 rings (SSSR count). The normalized spacial score (nSPS) is 9.73. The Kier molecular flexibility index (Phi) is 2.74. The second-order valence-electron chi connectivity index (χ2n) is 2.07. The van der Waals surface area contributed by atoms with Gasteiger partial charge in [-0.05, 0) is 11.6 Å². The molecule has 0 spiro atoms. The van der Waals surface area contributed by atoms with Crippen molar-refractivity contribution in [2.45, 2.75) is 6.54 Å². The first-order chi connectivity index (χ1) is 5.27. The Morgan fingerprint density at radius 3 is 2.82 bits per heavy atom. The van der Waals surface area contributed by atoms with Gasteiger partial charge in [-0.15, -0.1) is 0 Å². The minimum absolute atomic E-state index is 0.430. The highest BCUT2D eigenvalue weighted by molar-refractivity contribution is 6.31. The van der Waals surface area contributed by atoms with Crippen molar-refractivity contribution in [3.05, 3.63) is 28.8 Å². The molecule has 0 heterocycles. The zero-order chi connectivity index (χ0) is 8.27. The molecule has 11 heavy (non-hydrogen) atoms. The van der Waals surface area contributed by atoms with Crippen LogP contribution in [0.3, 0.4) is 0 Å². The number of nitrogens with two attached hydrogens (primary N) is 1. The Hall–Kier alpha value is -0.730. The topological polar surface area (TPSA) is 35.2 Å². The molecule has 0 saturated carbocycles. The highest BCUT2D eigenvalue weighted by Gasteiger charge is 1.99. The van der Waals surface area contributed by atoms with Crippen molar-refractivity contribution >= 4 is 11.6 Å². The van der Waals surface area contributed by atoms with E-state index in [-0.39, 0.29) is 0 Å². The lowest BCUT2D eigenvalue weighted by molar-refractivity contribution is 0.414. The van der Waals surface area contributed by atoms with Crippen LogP contribution in [0, 0.1) is 6.07 Å². The number of rotatable bonds is 2. The lowest BCUT2D eigenvalue weighted by Gasteiger charge is -2.02. The molecule has 2 nitrogen and oxygen atoms in total. The molecule has 0 amide bonds. The molecule has 0 saturated heterocycles. The minimum Gasteiger partial charge on any atom is -0.496 e. The third kappa shape index (κ3) is 1.85. The summed E-state index contributed by atoms with van der Waals surface area (Å²) in [6.45, 7) is 0.430. The molecule has 0 atom stereocenters. The molecule has 0 bridgehead atoms. The van der Waals surface area contributed by atoms with Crippen LogP contribution in [-0.2, 0) is 6.54 Å². The molecule has 0 aliphatic carbocycles. The highest BCUT2D eigenvalue weighted by atomic mass is 35.5. The second-order valence-corrected chi connectivity index (χ2v) is 2.45. The van der Waals surface area contributed by atoms with E-state index in [4.69, 9.17) is 22.1 Å². The lowest BCUT2D eigenvalue weighted by atomic mass is 10.2. The summed E-state index contributed by atoms with van der Waals surface area (Å²) in [7, 11) is 1.57. The maximum absolute atomic E-state index is 5.79. The van der Waals surface area contributed by atoms with E-state index in [1.165, 1.54) is 0 Å². The Balaban J connectivity index is 2.99. The average Bonchev–Trinajstić information content (AvgIpc) is 2.04. The van der Waals surface area contributed by atoms with Crippen LogP contribution >= 0.6 is 11.6 Å². The van der Waals surface area contributed by atoms with E-state index in [0.717, 1.165) is 5.56 Å². The monoisotopic (exact) mass is 170 g/mol. The molecule has 3 heteroatoms. The summed E-state index contributed by atoms with van der Waals surface area (Å²) in [5.41, 5.74) is 6.28. The van der Waals surface area contributed by atoms with E-state index >= 15 is 0 Å². The Labute approximate surface area is 70.9 Å². The molecule has 59 valence electrons. The fraction of sp³-hybridized carbons (Fsp3) is 0.250. The van der Waals surface area contributed by atoms with Crippen molar-refractivity contribution < 1.29 is 4.74 Å². The third-order valence-corrected chi connectivity index (χ3v) is 1.73. The van der Waals surface area contributed by atoms with Gasteiger partial charge in [-0.3, -0.25) is 0 Å². The molecule has 2 N–H and O–H groups in total. The standard InChI is InChI=1S/C8H9ClNO/c1-11-7-3-2-6(5-10)8(9)4-7/h2-3H,5,10H2,1H3. The summed E-state index contributed by atoms with van der Waals surface area (Å²) in [6, 6.07) is 6.46. The number of methoxy groups -OCH3 is 1. The molecule has 1 aromatic rings. The number of ether oxygens (including phenoxy) is 1. The smallest absolute Gasteiger partial charge is 0.128 e. The van der Waals surface area contributed by atoms with Crippen LogP contribution in [0.25, 0.3) is 0 Å². The first-order valence-electron chi connectivity index (χ1n) is 3.22. The lowest BCUT2D eigenvalue weighted by Crippen LogP contribution is -1.97.